The lowest BCUT2D eigenvalue weighted by Crippen LogP contribution is -2.31. The molecule has 0 unspecified atom stereocenters. The number of halogens is 1. The highest BCUT2D eigenvalue weighted by Crippen LogP contribution is 2.37. The topological polar surface area (TPSA) is 85.3 Å². The van der Waals surface area contributed by atoms with Crippen LogP contribution in [0.1, 0.15) is 37.4 Å². The summed E-state index contributed by atoms with van der Waals surface area (Å²) in [7, 11) is 0. The first-order valence-corrected chi connectivity index (χ1v) is 8.68. The fraction of sp³-hybridized carbons (Fsp3) is 0.389. The maximum absolute atomic E-state index is 13.2. The predicted octanol–water partition coefficient (Wildman–Crippen LogP) is 3.92. The molecule has 2 atom stereocenters. The van der Waals surface area contributed by atoms with Gasteiger partial charge in [-0.15, -0.1) is 0 Å². The smallest absolute Gasteiger partial charge is 0.306 e. The SMILES string of the molecule is Cc1noc2c1c(=O)n([C@H]1CCC[C@@H](C(=O)O)C1)c1cccc(Cl)c21. The lowest BCUT2D eigenvalue weighted by Gasteiger charge is -2.29. The number of carboxylic acids is 1. The van der Waals surface area contributed by atoms with Gasteiger partial charge in [0, 0.05) is 6.04 Å². The molecule has 130 valence electrons. The first-order valence-electron chi connectivity index (χ1n) is 8.30. The molecule has 1 N–H and O–H groups in total. The van der Waals surface area contributed by atoms with E-state index in [4.69, 9.17) is 16.1 Å². The number of rotatable bonds is 2. The van der Waals surface area contributed by atoms with E-state index in [9.17, 15) is 14.7 Å². The van der Waals surface area contributed by atoms with Crippen molar-refractivity contribution in [3.05, 3.63) is 39.3 Å². The van der Waals surface area contributed by atoms with Crippen molar-refractivity contribution >= 4 is 39.4 Å². The molecular weight excluding hydrogens is 344 g/mol. The molecule has 0 radical (unpaired) electrons. The number of aryl methyl sites for hydroxylation is 1. The summed E-state index contributed by atoms with van der Waals surface area (Å²) < 4.78 is 7.08. The molecular formula is C18H17ClN2O4. The first kappa shape index (κ1) is 16.1. The van der Waals surface area contributed by atoms with Gasteiger partial charge in [0.05, 0.1) is 27.5 Å². The third-order valence-electron chi connectivity index (χ3n) is 5.13. The monoisotopic (exact) mass is 360 g/mol. The van der Waals surface area contributed by atoms with E-state index in [2.05, 4.69) is 5.16 Å². The van der Waals surface area contributed by atoms with Crippen molar-refractivity contribution in [2.75, 3.05) is 0 Å². The van der Waals surface area contributed by atoms with Crippen molar-refractivity contribution < 1.29 is 14.4 Å². The summed E-state index contributed by atoms with van der Waals surface area (Å²) in [5.74, 6) is -1.23. The minimum atomic E-state index is -0.803. The number of benzene rings is 1. The fourth-order valence-electron chi connectivity index (χ4n) is 3.95. The second-order valence-electron chi connectivity index (χ2n) is 6.64. The molecule has 2 heterocycles. The Bertz CT molecular complexity index is 1050. The number of aliphatic carboxylic acids is 1. The molecule has 3 aromatic rings. The van der Waals surface area contributed by atoms with Crippen molar-refractivity contribution in [1.82, 2.24) is 9.72 Å². The largest absolute Gasteiger partial charge is 0.481 e. The number of aromatic nitrogens is 2. The average molecular weight is 361 g/mol. The number of pyridine rings is 1. The Balaban J connectivity index is 2.03. The van der Waals surface area contributed by atoms with E-state index in [1.807, 2.05) is 6.07 Å². The van der Waals surface area contributed by atoms with Crippen LogP contribution in [0, 0.1) is 12.8 Å². The molecule has 4 rings (SSSR count). The van der Waals surface area contributed by atoms with Gasteiger partial charge in [-0.1, -0.05) is 29.2 Å². The Morgan fingerprint density at radius 1 is 1.36 bits per heavy atom. The molecule has 2 aromatic heterocycles. The number of nitrogens with zero attached hydrogens (tertiary/aromatic N) is 2. The number of hydrogen-bond acceptors (Lipinski definition) is 4. The van der Waals surface area contributed by atoms with Gasteiger partial charge >= 0.3 is 5.97 Å². The van der Waals surface area contributed by atoms with Gasteiger partial charge in [0.2, 0.25) is 0 Å². The molecule has 25 heavy (non-hydrogen) atoms. The highest BCUT2D eigenvalue weighted by molar-refractivity contribution is 6.37. The standard InChI is InChI=1S/C18H17ClN2O4/c1-9-14-16(25-20-9)15-12(19)6-3-7-13(15)21(17(14)22)11-5-2-4-10(8-11)18(23)24/h3,6-7,10-11H,2,4-5,8H2,1H3,(H,23,24)/t10-,11+/m1/s1. The summed E-state index contributed by atoms with van der Waals surface area (Å²) in [6, 6.07) is 5.18. The fourth-order valence-corrected chi connectivity index (χ4v) is 4.20. The second-order valence-corrected chi connectivity index (χ2v) is 7.04. The third kappa shape index (κ3) is 2.43. The van der Waals surface area contributed by atoms with Crippen molar-refractivity contribution in [2.24, 2.45) is 5.92 Å². The summed E-state index contributed by atoms with van der Waals surface area (Å²) in [6.07, 6.45) is 2.62. The van der Waals surface area contributed by atoms with Gasteiger partial charge < -0.3 is 14.2 Å². The van der Waals surface area contributed by atoms with Crippen LogP contribution in [0.3, 0.4) is 0 Å². The third-order valence-corrected chi connectivity index (χ3v) is 5.45. The minimum Gasteiger partial charge on any atom is -0.481 e. The van der Waals surface area contributed by atoms with Gasteiger partial charge in [-0.2, -0.15) is 0 Å². The van der Waals surface area contributed by atoms with E-state index in [0.29, 0.717) is 45.4 Å². The van der Waals surface area contributed by atoms with Gasteiger partial charge in [0.1, 0.15) is 5.39 Å². The molecule has 6 nitrogen and oxygen atoms in total. The lowest BCUT2D eigenvalue weighted by molar-refractivity contribution is -0.143. The van der Waals surface area contributed by atoms with Crippen molar-refractivity contribution in [1.29, 1.82) is 0 Å². The Hall–Kier alpha value is -2.34. The molecule has 0 bridgehead atoms. The van der Waals surface area contributed by atoms with Crippen LogP contribution in [0.15, 0.2) is 27.5 Å². The molecule has 1 aromatic carbocycles. The van der Waals surface area contributed by atoms with Crippen molar-refractivity contribution in [2.45, 2.75) is 38.6 Å². The number of carboxylic acid groups (broad SMARTS) is 1. The molecule has 0 spiro atoms. The van der Waals surface area contributed by atoms with Gasteiger partial charge in [0.25, 0.3) is 5.56 Å². The normalized spacial score (nSPS) is 21.0. The molecule has 0 saturated heterocycles. The van der Waals surface area contributed by atoms with E-state index in [1.165, 1.54) is 0 Å². The van der Waals surface area contributed by atoms with Crippen LogP contribution in [0.25, 0.3) is 21.9 Å². The molecule has 1 aliphatic rings. The average Bonchev–Trinajstić information content (AvgIpc) is 2.97. The number of fused-ring (bicyclic) bond motifs is 3. The predicted molar refractivity (Wildman–Crippen MR) is 94.2 cm³/mol. The van der Waals surface area contributed by atoms with E-state index in [-0.39, 0.29) is 11.6 Å². The second kappa shape index (κ2) is 5.88. The van der Waals surface area contributed by atoms with Crippen LogP contribution >= 0.6 is 11.6 Å². The summed E-state index contributed by atoms with van der Waals surface area (Å²) in [6.45, 7) is 1.72. The Kier molecular flexibility index (Phi) is 3.80. The van der Waals surface area contributed by atoms with Crippen LogP contribution in [-0.2, 0) is 4.79 Å². The quantitative estimate of drug-likeness (QED) is 0.748. The Labute approximate surface area is 148 Å². The number of hydrogen-bond donors (Lipinski definition) is 1. The van der Waals surface area contributed by atoms with Gasteiger partial charge in [-0.05, 0) is 38.3 Å². The van der Waals surface area contributed by atoms with Crippen LogP contribution in [0.5, 0.6) is 0 Å². The zero-order chi connectivity index (χ0) is 17.7. The van der Waals surface area contributed by atoms with Crippen LogP contribution in [0.4, 0.5) is 0 Å². The summed E-state index contributed by atoms with van der Waals surface area (Å²) >= 11 is 6.39. The van der Waals surface area contributed by atoms with Crippen molar-refractivity contribution in [3.8, 4) is 0 Å². The van der Waals surface area contributed by atoms with Gasteiger partial charge in [-0.3, -0.25) is 9.59 Å². The molecule has 1 saturated carbocycles. The van der Waals surface area contributed by atoms with Crippen LogP contribution in [-0.4, -0.2) is 20.8 Å². The number of carbonyl (C=O) groups is 1. The maximum Gasteiger partial charge on any atom is 0.306 e. The molecule has 1 fully saturated rings. The molecule has 0 amide bonds. The highest BCUT2D eigenvalue weighted by atomic mass is 35.5. The van der Waals surface area contributed by atoms with Crippen LogP contribution < -0.4 is 5.56 Å². The Morgan fingerprint density at radius 3 is 2.92 bits per heavy atom. The first-order chi connectivity index (χ1) is 12.0. The van der Waals surface area contributed by atoms with Gasteiger partial charge in [-0.25, -0.2) is 0 Å². The highest BCUT2D eigenvalue weighted by Gasteiger charge is 2.31. The molecule has 0 aliphatic heterocycles. The van der Waals surface area contributed by atoms with E-state index >= 15 is 0 Å². The maximum atomic E-state index is 13.2. The zero-order valence-electron chi connectivity index (χ0n) is 13.7. The summed E-state index contributed by atoms with van der Waals surface area (Å²) in [5.41, 5.74) is 1.38. The lowest BCUT2D eigenvalue weighted by atomic mass is 9.85. The zero-order valence-corrected chi connectivity index (χ0v) is 14.4. The molecule has 7 heteroatoms. The van der Waals surface area contributed by atoms with E-state index < -0.39 is 11.9 Å². The summed E-state index contributed by atoms with van der Waals surface area (Å²) in [5, 5.41) is 14.9. The minimum absolute atomic E-state index is 0.179. The van der Waals surface area contributed by atoms with Crippen molar-refractivity contribution in [3.63, 3.8) is 0 Å². The van der Waals surface area contributed by atoms with E-state index in [0.717, 1.165) is 12.8 Å². The van der Waals surface area contributed by atoms with E-state index in [1.54, 1.807) is 23.6 Å². The molecule has 1 aliphatic carbocycles. The summed E-state index contributed by atoms with van der Waals surface area (Å²) in [4.78, 5) is 24.6. The van der Waals surface area contributed by atoms with Crippen LogP contribution in [0.2, 0.25) is 5.02 Å². The Morgan fingerprint density at radius 2 is 2.16 bits per heavy atom. The van der Waals surface area contributed by atoms with Gasteiger partial charge in [0.15, 0.2) is 5.58 Å².